The van der Waals surface area contributed by atoms with Gasteiger partial charge in [-0.25, -0.2) is 4.68 Å². The quantitative estimate of drug-likeness (QED) is 0.638. The van der Waals surface area contributed by atoms with Crippen LogP contribution in [0.4, 0.5) is 11.5 Å². The number of hydrogen-bond donors (Lipinski definition) is 1. The first-order valence-electron chi connectivity index (χ1n) is 8.06. The summed E-state index contributed by atoms with van der Waals surface area (Å²) in [5.74, 6) is 1.20. The van der Waals surface area contributed by atoms with E-state index in [1.54, 1.807) is 11.6 Å². The van der Waals surface area contributed by atoms with E-state index in [0.29, 0.717) is 30.0 Å². The Bertz CT molecular complexity index is 492. The maximum Gasteiger partial charge on any atom is 0.333 e. The van der Waals surface area contributed by atoms with E-state index in [1.807, 2.05) is 6.92 Å². The number of aryl methyl sites for hydroxylation is 2. The maximum absolute atomic E-state index is 11.3. The summed E-state index contributed by atoms with van der Waals surface area (Å²) in [5, 5.41) is 19.1. The molecule has 21 heavy (non-hydrogen) atoms. The maximum atomic E-state index is 11.3. The van der Waals surface area contributed by atoms with Crippen LogP contribution in [0.2, 0.25) is 0 Å². The van der Waals surface area contributed by atoms with E-state index in [1.165, 1.54) is 32.1 Å². The van der Waals surface area contributed by atoms with Crippen molar-refractivity contribution in [2.75, 3.05) is 5.32 Å². The molecule has 0 aromatic carbocycles. The lowest BCUT2D eigenvalue weighted by Crippen LogP contribution is -2.31. The molecular weight excluding hydrogens is 268 g/mol. The lowest BCUT2D eigenvalue weighted by atomic mass is 9.83. The van der Waals surface area contributed by atoms with E-state index in [0.717, 1.165) is 6.42 Å². The fraction of sp³-hybridized carbons (Fsp3) is 0.800. The minimum Gasteiger partial charge on any atom is -0.362 e. The van der Waals surface area contributed by atoms with Crippen LogP contribution in [0.15, 0.2) is 0 Å². The Labute approximate surface area is 126 Å². The fourth-order valence-corrected chi connectivity index (χ4v) is 3.43. The molecule has 1 N–H and O–H groups in total. The number of nitro groups is 1. The number of nitrogens with one attached hydrogen (secondary N) is 1. The minimum atomic E-state index is -0.315. The number of hydrogen-bond acceptors (Lipinski definition) is 4. The van der Waals surface area contributed by atoms with Crippen LogP contribution in [0.25, 0.3) is 0 Å². The molecule has 1 atom stereocenters. The van der Waals surface area contributed by atoms with Gasteiger partial charge >= 0.3 is 5.69 Å². The molecule has 1 saturated carbocycles. The van der Waals surface area contributed by atoms with Crippen molar-refractivity contribution in [1.29, 1.82) is 0 Å². The Balaban J connectivity index is 2.25. The molecule has 0 amide bonds. The van der Waals surface area contributed by atoms with Gasteiger partial charge in [0.15, 0.2) is 0 Å². The van der Waals surface area contributed by atoms with E-state index in [9.17, 15) is 10.1 Å². The molecule has 6 heteroatoms. The Kier molecular flexibility index (Phi) is 5.20. The van der Waals surface area contributed by atoms with Crippen molar-refractivity contribution in [3.05, 3.63) is 15.8 Å². The van der Waals surface area contributed by atoms with Crippen LogP contribution in [0.1, 0.15) is 58.1 Å². The number of anilines is 1. The van der Waals surface area contributed by atoms with Crippen LogP contribution >= 0.6 is 0 Å². The van der Waals surface area contributed by atoms with Crippen LogP contribution < -0.4 is 5.32 Å². The zero-order valence-electron chi connectivity index (χ0n) is 13.3. The molecule has 1 aromatic rings. The van der Waals surface area contributed by atoms with E-state index < -0.39 is 0 Å². The third-order valence-corrected chi connectivity index (χ3v) is 4.56. The zero-order valence-corrected chi connectivity index (χ0v) is 13.3. The van der Waals surface area contributed by atoms with Crippen molar-refractivity contribution >= 4 is 11.5 Å². The van der Waals surface area contributed by atoms with Gasteiger partial charge in [0.2, 0.25) is 5.82 Å². The molecule has 0 spiro atoms. The molecule has 6 nitrogen and oxygen atoms in total. The summed E-state index contributed by atoms with van der Waals surface area (Å²) in [4.78, 5) is 11.0. The Morgan fingerprint density at radius 2 is 2.05 bits per heavy atom. The minimum absolute atomic E-state index is 0.131. The third-order valence-electron chi connectivity index (χ3n) is 4.56. The molecule has 2 rings (SSSR count). The third kappa shape index (κ3) is 3.36. The average molecular weight is 294 g/mol. The SMILES string of the molecule is CCC(Nc1c([N+](=O)[O-])c(C)nn1CC)C1CCCCC1. The molecule has 0 saturated heterocycles. The van der Waals surface area contributed by atoms with Gasteiger partial charge in [0.05, 0.1) is 4.92 Å². The molecule has 1 heterocycles. The van der Waals surface area contributed by atoms with Crippen LogP contribution in [0.3, 0.4) is 0 Å². The summed E-state index contributed by atoms with van der Waals surface area (Å²) in [7, 11) is 0. The highest BCUT2D eigenvalue weighted by molar-refractivity contribution is 5.60. The van der Waals surface area contributed by atoms with Crippen molar-refractivity contribution < 1.29 is 4.92 Å². The van der Waals surface area contributed by atoms with Crippen molar-refractivity contribution in [1.82, 2.24) is 9.78 Å². The molecule has 1 fully saturated rings. The van der Waals surface area contributed by atoms with Crippen molar-refractivity contribution in [3.8, 4) is 0 Å². The lowest BCUT2D eigenvalue weighted by Gasteiger charge is -2.30. The molecule has 1 unspecified atom stereocenters. The van der Waals surface area contributed by atoms with Gasteiger partial charge in [-0.05, 0) is 39.0 Å². The monoisotopic (exact) mass is 294 g/mol. The van der Waals surface area contributed by atoms with Crippen LogP contribution in [0.5, 0.6) is 0 Å². The van der Waals surface area contributed by atoms with Crippen molar-refractivity contribution in [2.45, 2.75) is 71.9 Å². The summed E-state index contributed by atoms with van der Waals surface area (Å²) in [6, 6.07) is 0.297. The van der Waals surface area contributed by atoms with Gasteiger partial charge in [0.1, 0.15) is 5.69 Å². The molecule has 118 valence electrons. The van der Waals surface area contributed by atoms with Crippen molar-refractivity contribution in [3.63, 3.8) is 0 Å². The summed E-state index contributed by atoms with van der Waals surface area (Å²) in [5.41, 5.74) is 0.619. The average Bonchev–Trinajstić information content (AvgIpc) is 2.81. The predicted octanol–water partition coefficient (Wildman–Crippen LogP) is 3.89. The van der Waals surface area contributed by atoms with Gasteiger partial charge in [0, 0.05) is 12.6 Å². The van der Waals surface area contributed by atoms with Gasteiger partial charge in [-0.1, -0.05) is 26.2 Å². The summed E-state index contributed by atoms with van der Waals surface area (Å²) in [6.45, 7) is 6.45. The summed E-state index contributed by atoms with van der Waals surface area (Å²) >= 11 is 0. The van der Waals surface area contributed by atoms with Crippen molar-refractivity contribution in [2.24, 2.45) is 5.92 Å². The molecule has 0 radical (unpaired) electrons. The number of rotatable bonds is 6. The smallest absolute Gasteiger partial charge is 0.333 e. The van der Waals surface area contributed by atoms with E-state index >= 15 is 0 Å². The first kappa shape index (κ1) is 15.8. The highest BCUT2D eigenvalue weighted by Crippen LogP contribution is 2.33. The van der Waals surface area contributed by atoms with Crippen LogP contribution in [-0.2, 0) is 6.54 Å². The normalized spacial score (nSPS) is 17.7. The van der Waals surface area contributed by atoms with Crippen LogP contribution in [-0.4, -0.2) is 20.7 Å². The van der Waals surface area contributed by atoms with Gasteiger partial charge < -0.3 is 5.32 Å². The Morgan fingerprint density at radius 1 is 1.38 bits per heavy atom. The zero-order chi connectivity index (χ0) is 15.4. The molecule has 1 aliphatic rings. The van der Waals surface area contributed by atoms with E-state index in [-0.39, 0.29) is 10.6 Å². The largest absolute Gasteiger partial charge is 0.362 e. The van der Waals surface area contributed by atoms with E-state index in [4.69, 9.17) is 0 Å². The standard InChI is InChI=1S/C15H26N4O2/c1-4-13(12-9-7-6-8-10-12)16-15-14(19(20)21)11(3)17-18(15)5-2/h12-13,16H,4-10H2,1-3H3. The topological polar surface area (TPSA) is 73.0 Å². The summed E-state index contributed by atoms with van der Waals surface area (Å²) in [6.07, 6.45) is 7.29. The number of aromatic nitrogens is 2. The molecule has 1 aliphatic carbocycles. The fourth-order valence-electron chi connectivity index (χ4n) is 3.43. The highest BCUT2D eigenvalue weighted by atomic mass is 16.6. The Hall–Kier alpha value is -1.59. The van der Waals surface area contributed by atoms with Gasteiger partial charge in [0.25, 0.3) is 0 Å². The predicted molar refractivity (Wildman–Crippen MR) is 83.6 cm³/mol. The molecule has 1 aromatic heterocycles. The van der Waals surface area contributed by atoms with Crippen LogP contribution in [0, 0.1) is 23.0 Å². The molecule has 0 aliphatic heterocycles. The number of nitrogens with zero attached hydrogens (tertiary/aromatic N) is 3. The second-order valence-corrected chi connectivity index (χ2v) is 5.91. The van der Waals surface area contributed by atoms with E-state index in [2.05, 4.69) is 17.3 Å². The molecular formula is C15H26N4O2. The molecule has 0 bridgehead atoms. The second kappa shape index (κ2) is 6.91. The Morgan fingerprint density at radius 3 is 2.57 bits per heavy atom. The first-order valence-corrected chi connectivity index (χ1v) is 8.06. The van der Waals surface area contributed by atoms with Gasteiger partial charge in [-0.3, -0.25) is 10.1 Å². The van der Waals surface area contributed by atoms with Gasteiger partial charge in [-0.15, -0.1) is 0 Å². The highest BCUT2D eigenvalue weighted by Gasteiger charge is 2.29. The van der Waals surface area contributed by atoms with Gasteiger partial charge in [-0.2, -0.15) is 5.10 Å². The second-order valence-electron chi connectivity index (χ2n) is 5.91. The lowest BCUT2D eigenvalue weighted by molar-refractivity contribution is -0.384. The first-order chi connectivity index (χ1) is 10.1. The summed E-state index contributed by atoms with van der Waals surface area (Å²) < 4.78 is 1.72.